The highest BCUT2D eigenvalue weighted by molar-refractivity contribution is 6.99. The lowest BCUT2D eigenvalue weighted by Gasteiger charge is -2.29. The molecule has 0 aliphatic carbocycles. The summed E-state index contributed by atoms with van der Waals surface area (Å²) in [5.74, 6) is 1.87. The maximum Gasteiger partial charge on any atom is 0.252 e. The Morgan fingerprint density at radius 1 is 0.487 bits per heavy atom. The van der Waals surface area contributed by atoms with Gasteiger partial charge >= 0.3 is 0 Å². The summed E-state index contributed by atoms with van der Waals surface area (Å²) < 4.78 is 9.10. The minimum atomic E-state index is 0.0300. The summed E-state index contributed by atoms with van der Waals surface area (Å²) in [6.07, 6.45) is 0. The van der Waals surface area contributed by atoms with Crippen LogP contribution < -0.4 is 21.1 Å². The van der Waals surface area contributed by atoms with E-state index in [1.54, 1.807) is 0 Å². The van der Waals surface area contributed by atoms with Crippen molar-refractivity contribution < 1.29 is 4.74 Å². The van der Waals surface area contributed by atoms with E-state index in [4.69, 9.17) is 4.74 Å². The van der Waals surface area contributed by atoms with Crippen LogP contribution in [0.15, 0.2) is 133 Å². The summed E-state index contributed by atoms with van der Waals surface area (Å²) in [6.45, 7) is 0.0300. The first-order valence-corrected chi connectivity index (χ1v) is 13.5. The largest absolute Gasteiger partial charge is 0.458 e. The van der Waals surface area contributed by atoms with Gasteiger partial charge in [-0.3, -0.25) is 0 Å². The van der Waals surface area contributed by atoms with E-state index in [0.29, 0.717) is 0 Å². The molecule has 0 amide bonds. The summed E-state index contributed by atoms with van der Waals surface area (Å²) in [7, 11) is 0. The normalized spacial score (nSPS) is 12.8. The van der Waals surface area contributed by atoms with Crippen LogP contribution in [-0.4, -0.2) is 11.1 Å². The van der Waals surface area contributed by atoms with Gasteiger partial charge in [0.15, 0.2) is 0 Å². The highest BCUT2D eigenvalue weighted by atomic mass is 16.5. The van der Waals surface area contributed by atoms with Crippen molar-refractivity contribution in [2.75, 3.05) is 0 Å². The predicted octanol–water partition coefficient (Wildman–Crippen LogP) is 7.13. The zero-order valence-electron chi connectivity index (χ0n) is 21.1. The smallest absolute Gasteiger partial charge is 0.252 e. The Bertz CT molecular complexity index is 2210. The van der Waals surface area contributed by atoms with Gasteiger partial charge in [0.1, 0.15) is 11.5 Å². The van der Waals surface area contributed by atoms with E-state index in [2.05, 4.69) is 138 Å². The molecule has 0 spiro atoms. The van der Waals surface area contributed by atoms with Gasteiger partial charge in [0, 0.05) is 21.5 Å². The van der Waals surface area contributed by atoms with Crippen LogP contribution in [0.25, 0.3) is 49.2 Å². The van der Waals surface area contributed by atoms with Crippen molar-refractivity contribution in [1.82, 2.24) is 4.40 Å². The Kier molecular flexibility index (Phi) is 4.17. The minimum absolute atomic E-state index is 0.0300. The first-order valence-electron chi connectivity index (χ1n) is 13.5. The molecule has 8 aromatic rings. The molecule has 3 heterocycles. The van der Waals surface area contributed by atoms with Crippen LogP contribution in [0.5, 0.6) is 11.5 Å². The summed E-state index contributed by atoms with van der Waals surface area (Å²) in [4.78, 5) is 0. The molecule has 1 aliphatic heterocycles. The molecule has 9 rings (SSSR count). The number of hydrogen-bond acceptors (Lipinski definition) is 1. The standard InChI is InChI=1S/C36H22BNO/c1-2-11-23(12-3-1)24-13-4-6-17-28(24)37-29-18-7-9-20-32(29)39-33-22-21-31-34(35(33)37)27-16-10-15-26-25-14-5-8-19-30(25)38(31)36(26)27/h1-22H. The number of ether oxygens (including phenoxy) is 1. The van der Waals surface area contributed by atoms with Crippen LogP contribution in [0.2, 0.25) is 0 Å². The fourth-order valence-electron chi connectivity index (χ4n) is 6.94. The molecule has 3 heteroatoms. The average molecular weight is 495 g/mol. The number of rotatable bonds is 2. The molecule has 1 aliphatic rings. The number of para-hydroxylation sites is 3. The van der Waals surface area contributed by atoms with E-state index < -0.39 is 0 Å². The molecule has 2 aromatic heterocycles. The molecule has 39 heavy (non-hydrogen) atoms. The van der Waals surface area contributed by atoms with Gasteiger partial charge in [-0.25, -0.2) is 0 Å². The van der Waals surface area contributed by atoms with Crippen molar-refractivity contribution in [1.29, 1.82) is 0 Å². The summed E-state index contributed by atoms with van der Waals surface area (Å²) >= 11 is 0. The highest BCUT2D eigenvalue weighted by Crippen LogP contribution is 2.40. The van der Waals surface area contributed by atoms with Crippen molar-refractivity contribution in [3.63, 3.8) is 0 Å². The lowest BCUT2D eigenvalue weighted by Crippen LogP contribution is -2.55. The van der Waals surface area contributed by atoms with Gasteiger partial charge in [0.05, 0.1) is 16.6 Å². The SMILES string of the molecule is c1ccc(-c2ccccc2B2c3ccccc3Oc3ccc4c(c32)c2cccc3c5ccccc5n4c32)cc1. The van der Waals surface area contributed by atoms with Gasteiger partial charge in [-0.15, -0.1) is 0 Å². The van der Waals surface area contributed by atoms with E-state index in [9.17, 15) is 0 Å². The zero-order valence-corrected chi connectivity index (χ0v) is 21.1. The quantitative estimate of drug-likeness (QED) is 0.233. The third-order valence-corrected chi connectivity index (χ3v) is 8.48. The molecule has 0 unspecified atom stereocenters. The summed E-state index contributed by atoms with van der Waals surface area (Å²) in [5, 5.41) is 5.15. The first kappa shape index (κ1) is 21.0. The molecule has 0 bridgehead atoms. The minimum Gasteiger partial charge on any atom is -0.458 e. The van der Waals surface area contributed by atoms with Crippen LogP contribution in [0, 0.1) is 0 Å². The summed E-state index contributed by atoms with van der Waals surface area (Å²) in [5.41, 5.74) is 9.99. The van der Waals surface area contributed by atoms with Gasteiger partial charge in [0.25, 0.3) is 6.71 Å². The van der Waals surface area contributed by atoms with Gasteiger partial charge in [0.2, 0.25) is 0 Å². The Labute approximate surface area is 226 Å². The van der Waals surface area contributed by atoms with Gasteiger partial charge in [-0.05, 0) is 46.3 Å². The van der Waals surface area contributed by atoms with Gasteiger partial charge in [-0.1, -0.05) is 115 Å². The van der Waals surface area contributed by atoms with E-state index in [0.717, 1.165) is 11.5 Å². The molecule has 6 aromatic carbocycles. The van der Waals surface area contributed by atoms with Crippen LogP contribution in [0.3, 0.4) is 0 Å². The van der Waals surface area contributed by atoms with Crippen molar-refractivity contribution >= 4 is 61.2 Å². The van der Waals surface area contributed by atoms with E-state index in [-0.39, 0.29) is 6.71 Å². The van der Waals surface area contributed by atoms with Gasteiger partial charge in [-0.2, -0.15) is 0 Å². The van der Waals surface area contributed by atoms with Crippen LogP contribution >= 0.6 is 0 Å². The zero-order chi connectivity index (χ0) is 25.5. The van der Waals surface area contributed by atoms with Crippen LogP contribution in [0.1, 0.15) is 0 Å². The Hall–Kier alpha value is -5.02. The first-order chi connectivity index (χ1) is 19.4. The van der Waals surface area contributed by atoms with E-state index in [1.807, 2.05) is 0 Å². The highest BCUT2D eigenvalue weighted by Gasteiger charge is 2.36. The average Bonchev–Trinajstić information content (AvgIpc) is 3.53. The lowest BCUT2D eigenvalue weighted by atomic mass is 9.34. The molecule has 0 saturated heterocycles. The topological polar surface area (TPSA) is 13.6 Å². The second-order valence-corrected chi connectivity index (χ2v) is 10.5. The number of nitrogens with zero attached hydrogens (tertiary/aromatic N) is 1. The van der Waals surface area contributed by atoms with Crippen LogP contribution in [-0.2, 0) is 0 Å². The molecule has 0 saturated carbocycles. The van der Waals surface area contributed by atoms with Crippen molar-refractivity contribution in [3.05, 3.63) is 133 Å². The van der Waals surface area contributed by atoms with Crippen molar-refractivity contribution in [2.45, 2.75) is 0 Å². The lowest BCUT2D eigenvalue weighted by molar-refractivity contribution is 0.488. The molecule has 180 valence electrons. The Balaban J connectivity index is 1.45. The fraction of sp³-hybridized carbons (Fsp3) is 0. The number of fused-ring (bicyclic) bond motifs is 9. The molecular weight excluding hydrogens is 473 g/mol. The molecule has 0 N–H and O–H groups in total. The maximum atomic E-state index is 6.65. The molecular formula is C36H22BNO. The predicted molar refractivity (Wildman–Crippen MR) is 164 cm³/mol. The Morgan fingerprint density at radius 2 is 1.21 bits per heavy atom. The second kappa shape index (κ2) is 7.75. The van der Waals surface area contributed by atoms with E-state index in [1.165, 1.54) is 65.6 Å². The molecule has 0 radical (unpaired) electrons. The van der Waals surface area contributed by atoms with Crippen molar-refractivity contribution in [2.24, 2.45) is 0 Å². The molecule has 0 fully saturated rings. The summed E-state index contributed by atoms with van der Waals surface area (Å²) in [6, 6.07) is 48.0. The van der Waals surface area contributed by atoms with Crippen molar-refractivity contribution in [3.8, 4) is 22.6 Å². The number of aromatic nitrogens is 1. The fourth-order valence-corrected chi connectivity index (χ4v) is 6.94. The third kappa shape index (κ3) is 2.77. The second-order valence-electron chi connectivity index (χ2n) is 10.5. The van der Waals surface area contributed by atoms with Gasteiger partial charge < -0.3 is 9.14 Å². The molecule has 0 atom stereocenters. The monoisotopic (exact) mass is 495 g/mol. The number of hydrogen-bond donors (Lipinski definition) is 0. The van der Waals surface area contributed by atoms with Crippen LogP contribution in [0.4, 0.5) is 0 Å². The Morgan fingerprint density at radius 3 is 2.13 bits per heavy atom. The molecule has 2 nitrogen and oxygen atoms in total. The van der Waals surface area contributed by atoms with E-state index >= 15 is 0 Å². The maximum absolute atomic E-state index is 6.65. The number of benzene rings is 6. The third-order valence-electron chi connectivity index (χ3n) is 8.48.